The van der Waals surface area contributed by atoms with E-state index < -0.39 is 12.1 Å². The molecule has 3 aromatic rings. The van der Waals surface area contributed by atoms with E-state index in [2.05, 4.69) is 30.3 Å². The minimum atomic E-state index is -0.638. The predicted molar refractivity (Wildman–Crippen MR) is 118 cm³/mol. The number of anilines is 2. The quantitative estimate of drug-likeness (QED) is 0.502. The summed E-state index contributed by atoms with van der Waals surface area (Å²) in [6.45, 7) is 2.45. The third-order valence-electron chi connectivity index (χ3n) is 4.98. The fourth-order valence-corrected chi connectivity index (χ4v) is 3.30. The molecule has 1 saturated carbocycles. The van der Waals surface area contributed by atoms with Crippen molar-refractivity contribution in [1.82, 2.24) is 15.0 Å². The number of nitrogens with zero attached hydrogens (tertiary/aromatic N) is 2. The molecule has 31 heavy (non-hydrogen) atoms. The van der Waals surface area contributed by atoms with Gasteiger partial charge in [0.2, 0.25) is 5.95 Å². The Morgan fingerprint density at radius 2 is 2.16 bits per heavy atom. The molecule has 2 heterocycles. The van der Waals surface area contributed by atoms with Gasteiger partial charge in [0.15, 0.2) is 0 Å². The monoisotopic (exact) mass is 443 g/mol. The number of nitrogens with one attached hydrogen (secondary N) is 3. The number of carbonyl (C=O) groups excluding carboxylic acids is 1. The molecule has 1 aliphatic rings. The standard InChI is InChI=1S/C21H22ClN5O4/c1-11(24-20-23-6-5-18(26-20)27-21(29)30-2)14-7-13-8-15(22)17(31-10-12-3-4-12)9-16(13)25-19(14)28/h5-9,11-12H,3-4,10H2,1-2H3,(H,25,28)(H2,23,24,26,27,29)/t11-/m0/s1. The second kappa shape index (κ2) is 8.81. The highest BCUT2D eigenvalue weighted by Gasteiger charge is 2.22. The fraction of sp³-hybridized carbons (Fsp3) is 0.333. The van der Waals surface area contributed by atoms with Gasteiger partial charge in [-0.1, -0.05) is 11.6 Å². The molecule has 0 spiro atoms. The smallest absolute Gasteiger partial charge is 0.412 e. The molecule has 4 rings (SSSR count). The maximum Gasteiger partial charge on any atom is 0.412 e. The average Bonchev–Trinajstić information content (AvgIpc) is 3.57. The zero-order valence-electron chi connectivity index (χ0n) is 17.1. The summed E-state index contributed by atoms with van der Waals surface area (Å²) in [6, 6.07) is 6.43. The van der Waals surface area contributed by atoms with Crippen LogP contribution in [-0.4, -0.2) is 34.8 Å². The van der Waals surface area contributed by atoms with Crippen LogP contribution < -0.4 is 20.9 Å². The lowest BCUT2D eigenvalue weighted by Gasteiger charge is -2.15. The van der Waals surface area contributed by atoms with Crippen molar-refractivity contribution in [2.24, 2.45) is 5.92 Å². The van der Waals surface area contributed by atoms with Crippen LogP contribution in [0.4, 0.5) is 16.6 Å². The Bertz CT molecular complexity index is 1180. The van der Waals surface area contributed by atoms with E-state index in [1.165, 1.54) is 32.2 Å². The Balaban J connectivity index is 1.55. The van der Waals surface area contributed by atoms with Gasteiger partial charge in [-0.05, 0) is 43.9 Å². The van der Waals surface area contributed by atoms with Crippen LogP contribution in [0.3, 0.4) is 0 Å². The van der Waals surface area contributed by atoms with E-state index in [0.717, 1.165) is 5.39 Å². The van der Waals surface area contributed by atoms with Gasteiger partial charge < -0.3 is 19.8 Å². The number of hydrogen-bond donors (Lipinski definition) is 3. The number of fused-ring (bicyclic) bond motifs is 1. The topological polar surface area (TPSA) is 118 Å². The maximum atomic E-state index is 12.7. The Kier molecular flexibility index (Phi) is 5.94. The summed E-state index contributed by atoms with van der Waals surface area (Å²) in [6.07, 6.45) is 3.21. The first-order valence-electron chi connectivity index (χ1n) is 9.86. The number of benzene rings is 1. The lowest BCUT2D eigenvalue weighted by molar-refractivity contribution is 0.187. The molecule has 0 radical (unpaired) electrons. The van der Waals surface area contributed by atoms with Gasteiger partial charge in [-0.3, -0.25) is 10.1 Å². The van der Waals surface area contributed by atoms with E-state index in [-0.39, 0.29) is 17.3 Å². The number of pyridine rings is 1. The summed E-state index contributed by atoms with van der Waals surface area (Å²) < 4.78 is 10.3. The number of aromatic nitrogens is 3. The summed E-state index contributed by atoms with van der Waals surface area (Å²) >= 11 is 6.38. The Morgan fingerprint density at radius 3 is 2.90 bits per heavy atom. The number of amides is 1. The SMILES string of the molecule is COC(=O)Nc1ccnc(N[C@@H](C)c2cc3cc(Cl)c(OCC4CC4)cc3[nH]c2=O)n1. The molecule has 0 saturated heterocycles. The molecule has 0 aliphatic heterocycles. The lowest BCUT2D eigenvalue weighted by atomic mass is 10.1. The second-order valence-electron chi connectivity index (χ2n) is 7.43. The van der Waals surface area contributed by atoms with Crippen LogP contribution in [0, 0.1) is 5.92 Å². The molecule has 162 valence electrons. The van der Waals surface area contributed by atoms with Crippen molar-refractivity contribution in [3.8, 4) is 5.75 Å². The van der Waals surface area contributed by atoms with Crippen molar-refractivity contribution in [3.05, 3.63) is 51.4 Å². The van der Waals surface area contributed by atoms with Gasteiger partial charge in [-0.2, -0.15) is 4.98 Å². The molecule has 9 nitrogen and oxygen atoms in total. The zero-order chi connectivity index (χ0) is 22.0. The molecule has 3 N–H and O–H groups in total. The van der Waals surface area contributed by atoms with E-state index in [4.69, 9.17) is 16.3 Å². The molecule has 1 atom stereocenters. The Hall–Kier alpha value is -3.33. The van der Waals surface area contributed by atoms with Crippen molar-refractivity contribution in [2.75, 3.05) is 24.4 Å². The van der Waals surface area contributed by atoms with Crippen LogP contribution in [0.25, 0.3) is 10.9 Å². The highest BCUT2D eigenvalue weighted by Crippen LogP contribution is 2.33. The summed E-state index contributed by atoms with van der Waals surface area (Å²) in [4.78, 5) is 35.3. The third-order valence-corrected chi connectivity index (χ3v) is 5.28. The highest BCUT2D eigenvalue weighted by atomic mass is 35.5. The van der Waals surface area contributed by atoms with Crippen LogP contribution in [0.2, 0.25) is 5.02 Å². The molecule has 1 amide bonds. The van der Waals surface area contributed by atoms with Gasteiger partial charge in [0.25, 0.3) is 5.56 Å². The summed E-state index contributed by atoms with van der Waals surface area (Å²) in [5, 5.41) is 6.82. The van der Waals surface area contributed by atoms with Gasteiger partial charge in [0.05, 0.1) is 30.3 Å². The van der Waals surface area contributed by atoms with Gasteiger partial charge in [0, 0.05) is 23.2 Å². The molecule has 2 aromatic heterocycles. The van der Waals surface area contributed by atoms with Gasteiger partial charge in [-0.25, -0.2) is 9.78 Å². The predicted octanol–water partition coefficient (Wildman–Crippen LogP) is 4.11. The number of halogens is 1. The largest absolute Gasteiger partial charge is 0.492 e. The van der Waals surface area contributed by atoms with Crippen LogP contribution >= 0.6 is 11.6 Å². The third kappa shape index (κ3) is 5.05. The highest BCUT2D eigenvalue weighted by molar-refractivity contribution is 6.32. The number of aromatic amines is 1. The molecular formula is C21H22ClN5O4. The Labute approximate surface area is 183 Å². The normalized spacial score (nSPS) is 14.2. The number of hydrogen-bond acceptors (Lipinski definition) is 7. The van der Waals surface area contributed by atoms with E-state index in [9.17, 15) is 9.59 Å². The van der Waals surface area contributed by atoms with Crippen LogP contribution in [0.1, 0.15) is 31.4 Å². The van der Waals surface area contributed by atoms with Crippen molar-refractivity contribution in [2.45, 2.75) is 25.8 Å². The molecule has 1 fully saturated rings. The first kappa shape index (κ1) is 20.9. The van der Waals surface area contributed by atoms with Gasteiger partial charge in [0.1, 0.15) is 11.6 Å². The summed E-state index contributed by atoms with van der Waals surface area (Å²) in [5.41, 5.74) is 0.897. The molecule has 1 aliphatic carbocycles. The first-order valence-corrected chi connectivity index (χ1v) is 10.2. The number of ether oxygens (including phenoxy) is 2. The summed E-state index contributed by atoms with van der Waals surface area (Å²) in [5.74, 6) is 1.69. The molecule has 0 unspecified atom stereocenters. The Morgan fingerprint density at radius 1 is 1.35 bits per heavy atom. The van der Waals surface area contributed by atoms with Crippen LogP contribution in [0.15, 0.2) is 35.3 Å². The van der Waals surface area contributed by atoms with E-state index >= 15 is 0 Å². The van der Waals surface area contributed by atoms with E-state index in [1.54, 1.807) is 18.2 Å². The lowest BCUT2D eigenvalue weighted by Crippen LogP contribution is -2.20. The molecule has 0 bridgehead atoms. The zero-order valence-corrected chi connectivity index (χ0v) is 17.8. The minimum absolute atomic E-state index is 0.244. The van der Waals surface area contributed by atoms with Gasteiger partial charge >= 0.3 is 6.09 Å². The van der Waals surface area contributed by atoms with Crippen molar-refractivity contribution >= 4 is 40.4 Å². The molecule has 1 aromatic carbocycles. The fourth-order valence-electron chi connectivity index (χ4n) is 3.07. The maximum absolute atomic E-state index is 12.7. The summed E-state index contributed by atoms with van der Waals surface area (Å²) in [7, 11) is 1.26. The number of rotatable bonds is 7. The minimum Gasteiger partial charge on any atom is -0.492 e. The average molecular weight is 444 g/mol. The molecular weight excluding hydrogens is 422 g/mol. The molecule has 10 heteroatoms. The first-order chi connectivity index (χ1) is 14.9. The van der Waals surface area contributed by atoms with E-state index in [0.29, 0.717) is 34.4 Å². The number of H-pyrrole nitrogens is 1. The second-order valence-corrected chi connectivity index (χ2v) is 7.83. The van der Waals surface area contributed by atoms with E-state index in [1.807, 2.05) is 6.92 Å². The number of methoxy groups -OCH3 is 1. The van der Waals surface area contributed by atoms with Crippen LogP contribution in [0.5, 0.6) is 5.75 Å². The van der Waals surface area contributed by atoms with Crippen molar-refractivity contribution in [1.29, 1.82) is 0 Å². The van der Waals surface area contributed by atoms with Crippen molar-refractivity contribution < 1.29 is 14.3 Å². The van der Waals surface area contributed by atoms with Crippen LogP contribution in [-0.2, 0) is 4.74 Å². The van der Waals surface area contributed by atoms with Crippen molar-refractivity contribution in [3.63, 3.8) is 0 Å². The number of carbonyl (C=O) groups is 1. The van der Waals surface area contributed by atoms with Gasteiger partial charge in [-0.15, -0.1) is 0 Å².